The minimum atomic E-state index is -0.268. The van der Waals surface area contributed by atoms with Crippen LogP contribution < -0.4 is 5.32 Å². The largest absolute Gasteiger partial charge is 0.468 e. The van der Waals surface area contributed by atoms with Crippen LogP contribution in [0.4, 0.5) is 0 Å². The van der Waals surface area contributed by atoms with E-state index in [0.717, 1.165) is 43.2 Å². The fourth-order valence-corrected chi connectivity index (χ4v) is 3.77. The summed E-state index contributed by atoms with van der Waals surface area (Å²) in [5, 5.41) is 7.55. The maximum atomic E-state index is 12.6. The number of aromatic nitrogens is 1. The van der Waals surface area contributed by atoms with Gasteiger partial charge in [0.1, 0.15) is 5.76 Å². The van der Waals surface area contributed by atoms with Crippen molar-refractivity contribution in [2.24, 2.45) is 5.92 Å². The highest BCUT2D eigenvalue weighted by Crippen LogP contribution is 2.27. The van der Waals surface area contributed by atoms with Crippen molar-refractivity contribution in [2.45, 2.75) is 25.8 Å². The topological polar surface area (TPSA) is 71.5 Å². The molecule has 152 valence electrons. The SMILES string of the molecule is CC1CCN([C@@H](CNC(=O)c2cc(-c3ccc(Cl)cc3)on2)c2ccco2)CC1. The summed E-state index contributed by atoms with van der Waals surface area (Å²) in [6, 6.07) is 12.7. The molecule has 0 unspecified atom stereocenters. The third kappa shape index (κ3) is 4.71. The standard InChI is InChI=1S/C22H24ClN3O3/c1-15-8-10-26(11-9-15)19(20-3-2-12-28-20)14-24-22(27)18-13-21(29-25-18)16-4-6-17(23)7-5-16/h2-7,12-13,15,19H,8-11,14H2,1H3,(H,24,27)/t19-/m0/s1. The zero-order valence-electron chi connectivity index (χ0n) is 16.3. The number of nitrogens with zero attached hydrogens (tertiary/aromatic N) is 2. The van der Waals surface area contributed by atoms with Crippen LogP contribution in [-0.2, 0) is 0 Å². The molecule has 1 atom stereocenters. The first-order valence-corrected chi connectivity index (χ1v) is 10.3. The van der Waals surface area contributed by atoms with E-state index in [9.17, 15) is 4.79 Å². The van der Waals surface area contributed by atoms with Crippen molar-refractivity contribution in [3.63, 3.8) is 0 Å². The van der Waals surface area contributed by atoms with Gasteiger partial charge in [-0.2, -0.15) is 0 Å². The summed E-state index contributed by atoms with van der Waals surface area (Å²) >= 11 is 5.92. The highest BCUT2D eigenvalue weighted by molar-refractivity contribution is 6.30. The molecule has 0 bridgehead atoms. The summed E-state index contributed by atoms with van der Waals surface area (Å²) in [6.45, 7) is 4.72. The maximum Gasteiger partial charge on any atom is 0.273 e. The van der Waals surface area contributed by atoms with Crippen LogP contribution in [0.1, 0.15) is 42.1 Å². The van der Waals surface area contributed by atoms with Crippen LogP contribution in [0.3, 0.4) is 0 Å². The highest BCUT2D eigenvalue weighted by Gasteiger charge is 2.27. The molecule has 1 saturated heterocycles. The van der Waals surface area contributed by atoms with Gasteiger partial charge < -0.3 is 14.3 Å². The van der Waals surface area contributed by atoms with Crippen LogP contribution in [-0.4, -0.2) is 35.6 Å². The first-order chi connectivity index (χ1) is 14.1. The Morgan fingerprint density at radius 2 is 2.03 bits per heavy atom. The van der Waals surface area contributed by atoms with Crippen LogP contribution in [0, 0.1) is 5.92 Å². The third-order valence-corrected chi connectivity index (χ3v) is 5.71. The van der Waals surface area contributed by atoms with Gasteiger partial charge in [0.2, 0.25) is 0 Å². The number of hydrogen-bond acceptors (Lipinski definition) is 5. The summed E-state index contributed by atoms with van der Waals surface area (Å²) in [7, 11) is 0. The molecule has 1 N–H and O–H groups in total. The molecule has 1 fully saturated rings. The molecule has 4 rings (SSSR count). The zero-order valence-corrected chi connectivity index (χ0v) is 17.1. The highest BCUT2D eigenvalue weighted by atomic mass is 35.5. The fraction of sp³-hybridized carbons (Fsp3) is 0.364. The zero-order chi connectivity index (χ0) is 20.2. The summed E-state index contributed by atoms with van der Waals surface area (Å²) < 4.78 is 11.0. The number of rotatable bonds is 6. The summed E-state index contributed by atoms with van der Waals surface area (Å²) in [5.41, 5.74) is 1.07. The first kappa shape index (κ1) is 19.7. The van der Waals surface area contributed by atoms with E-state index in [0.29, 0.717) is 17.3 Å². The average molecular weight is 414 g/mol. The number of furan rings is 1. The van der Waals surface area contributed by atoms with E-state index in [1.165, 1.54) is 0 Å². The van der Waals surface area contributed by atoms with Gasteiger partial charge in [-0.05, 0) is 68.2 Å². The molecule has 0 aliphatic carbocycles. The van der Waals surface area contributed by atoms with Crippen LogP contribution in [0.2, 0.25) is 5.02 Å². The molecule has 0 saturated carbocycles. The number of hydrogen-bond donors (Lipinski definition) is 1. The van der Waals surface area contributed by atoms with Gasteiger partial charge in [0, 0.05) is 23.2 Å². The Bertz CT molecular complexity index is 929. The molecule has 1 aliphatic rings. The Morgan fingerprint density at radius 1 is 1.28 bits per heavy atom. The van der Waals surface area contributed by atoms with Crippen LogP contribution >= 0.6 is 11.6 Å². The van der Waals surface area contributed by atoms with Gasteiger partial charge in [-0.15, -0.1) is 0 Å². The minimum absolute atomic E-state index is 0.00378. The number of halogens is 1. The minimum Gasteiger partial charge on any atom is -0.468 e. The summed E-state index contributed by atoms with van der Waals surface area (Å²) in [6.07, 6.45) is 3.98. The van der Waals surface area contributed by atoms with Crippen molar-refractivity contribution in [2.75, 3.05) is 19.6 Å². The molecule has 1 aromatic carbocycles. The predicted molar refractivity (Wildman–Crippen MR) is 111 cm³/mol. The lowest BCUT2D eigenvalue weighted by Gasteiger charge is -2.35. The number of likely N-dealkylation sites (tertiary alicyclic amines) is 1. The van der Waals surface area contributed by atoms with E-state index >= 15 is 0 Å². The third-order valence-electron chi connectivity index (χ3n) is 5.46. The number of benzene rings is 1. The Morgan fingerprint density at radius 3 is 2.72 bits per heavy atom. The predicted octanol–water partition coefficient (Wildman–Crippen LogP) is 4.79. The van der Waals surface area contributed by atoms with Crippen molar-refractivity contribution in [3.05, 3.63) is 65.2 Å². The molecular formula is C22H24ClN3O3. The van der Waals surface area contributed by atoms with Crippen molar-refractivity contribution in [3.8, 4) is 11.3 Å². The number of piperidine rings is 1. The molecule has 1 amide bonds. The van der Waals surface area contributed by atoms with Gasteiger partial charge >= 0.3 is 0 Å². The van der Waals surface area contributed by atoms with Crippen molar-refractivity contribution in [1.82, 2.24) is 15.4 Å². The number of carbonyl (C=O) groups is 1. The van der Waals surface area contributed by atoms with Gasteiger partial charge in [-0.3, -0.25) is 9.69 Å². The summed E-state index contributed by atoms with van der Waals surface area (Å²) in [4.78, 5) is 15.0. The van der Waals surface area contributed by atoms with Crippen molar-refractivity contribution < 1.29 is 13.7 Å². The molecule has 7 heteroatoms. The van der Waals surface area contributed by atoms with Gasteiger partial charge in [0.15, 0.2) is 11.5 Å². The monoisotopic (exact) mass is 413 g/mol. The number of amides is 1. The molecule has 3 heterocycles. The fourth-order valence-electron chi connectivity index (χ4n) is 3.64. The lowest BCUT2D eigenvalue weighted by Crippen LogP contribution is -2.41. The summed E-state index contributed by atoms with van der Waals surface area (Å²) in [5.74, 6) is 1.86. The Hall–Kier alpha value is -2.57. The Kier molecular flexibility index (Phi) is 6.02. The number of carbonyl (C=O) groups excluding carboxylic acids is 1. The second-order valence-electron chi connectivity index (χ2n) is 7.54. The molecule has 0 radical (unpaired) electrons. The van der Waals surface area contributed by atoms with Gasteiger partial charge in [-0.1, -0.05) is 23.7 Å². The van der Waals surface area contributed by atoms with Crippen LogP contribution in [0.25, 0.3) is 11.3 Å². The van der Waals surface area contributed by atoms with Crippen molar-refractivity contribution >= 4 is 17.5 Å². The second kappa shape index (κ2) is 8.84. The van der Waals surface area contributed by atoms with Crippen LogP contribution in [0.5, 0.6) is 0 Å². The van der Waals surface area contributed by atoms with E-state index < -0.39 is 0 Å². The number of nitrogens with one attached hydrogen (secondary N) is 1. The molecule has 2 aromatic heterocycles. The Balaban J connectivity index is 1.42. The van der Waals surface area contributed by atoms with E-state index in [4.69, 9.17) is 20.5 Å². The average Bonchev–Trinajstić information content (AvgIpc) is 3.42. The smallest absolute Gasteiger partial charge is 0.273 e. The van der Waals surface area contributed by atoms with E-state index in [1.54, 1.807) is 24.5 Å². The quantitative estimate of drug-likeness (QED) is 0.629. The normalized spacial score (nSPS) is 16.6. The Labute approximate surface area is 174 Å². The lowest BCUT2D eigenvalue weighted by atomic mass is 9.97. The molecular weight excluding hydrogens is 390 g/mol. The molecule has 0 spiro atoms. The van der Waals surface area contributed by atoms with E-state index in [2.05, 4.69) is 22.3 Å². The molecule has 1 aliphatic heterocycles. The molecule has 3 aromatic rings. The maximum absolute atomic E-state index is 12.6. The second-order valence-corrected chi connectivity index (χ2v) is 7.98. The molecule has 29 heavy (non-hydrogen) atoms. The van der Waals surface area contributed by atoms with Gasteiger partial charge in [0.25, 0.3) is 5.91 Å². The first-order valence-electron chi connectivity index (χ1n) is 9.88. The van der Waals surface area contributed by atoms with Crippen molar-refractivity contribution in [1.29, 1.82) is 0 Å². The van der Waals surface area contributed by atoms with E-state index in [-0.39, 0.29) is 17.6 Å². The lowest BCUT2D eigenvalue weighted by molar-refractivity contribution is 0.0887. The van der Waals surface area contributed by atoms with Gasteiger partial charge in [0.05, 0.1) is 12.3 Å². The van der Waals surface area contributed by atoms with Crippen LogP contribution in [0.15, 0.2) is 57.7 Å². The molecule has 6 nitrogen and oxygen atoms in total. The van der Waals surface area contributed by atoms with E-state index in [1.807, 2.05) is 24.3 Å². The van der Waals surface area contributed by atoms with Gasteiger partial charge in [-0.25, -0.2) is 0 Å².